The van der Waals surface area contributed by atoms with Gasteiger partial charge in [-0.3, -0.25) is 9.59 Å². The zero-order valence-corrected chi connectivity index (χ0v) is 12.2. The summed E-state index contributed by atoms with van der Waals surface area (Å²) in [5, 5.41) is 10.7. The molecule has 1 amide bonds. The molecule has 4 N–H and O–H groups in total. The van der Waals surface area contributed by atoms with Crippen LogP contribution in [0, 0.1) is 0 Å². The van der Waals surface area contributed by atoms with Gasteiger partial charge in [0.2, 0.25) is 5.91 Å². The number of hydrogen-bond acceptors (Lipinski definition) is 3. The quantitative estimate of drug-likeness (QED) is 0.744. The highest BCUT2D eigenvalue weighted by Gasteiger charge is 2.31. The van der Waals surface area contributed by atoms with Crippen LogP contribution >= 0.6 is 15.9 Å². The van der Waals surface area contributed by atoms with Gasteiger partial charge in [0.25, 0.3) is 0 Å². The molecular weight excluding hydrogens is 357 g/mol. The lowest BCUT2D eigenvalue weighted by Gasteiger charge is -2.13. The lowest BCUT2D eigenvalue weighted by Crippen LogP contribution is -2.36. The smallest absolute Gasteiger partial charge is 0.416 e. The Labute approximate surface area is 126 Å². The molecule has 0 fully saturated rings. The molecule has 0 aliphatic heterocycles. The summed E-state index contributed by atoms with van der Waals surface area (Å²) in [7, 11) is 0. The fraction of sp³-hybridized carbons (Fsp3) is 0.333. The molecule has 0 spiro atoms. The van der Waals surface area contributed by atoms with Gasteiger partial charge in [0.05, 0.1) is 11.6 Å². The van der Waals surface area contributed by atoms with E-state index in [4.69, 9.17) is 10.8 Å². The van der Waals surface area contributed by atoms with Gasteiger partial charge < -0.3 is 16.2 Å². The number of alkyl halides is 3. The van der Waals surface area contributed by atoms with E-state index in [0.717, 1.165) is 12.1 Å². The molecule has 0 aliphatic carbocycles. The molecule has 1 atom stereocenters. The van der Waals surface area contributed by atoms with Gasteiger partial charge in [0, 0.05) is 16.6 Å². The number of hydrogen-bond donors (Lipinski definition) is 3. The minimum Gasteiger partial charge on any atom is -0.481 e. The van der Waals surface area contributed by atoms with Crippen LogP contribution in [0.25, 0.3) is 0 Å². The summed E-state index contributed by atoms with van der Waals surface area (Å²) >= 11 is 2.92. The third-order valence-electron chi connectivity index (χ3n) is 2.50. The first-order chi connectivity index (χ1) is 9.59. The van der Waals surface area contributed by atoms with Crippen LogP contribution in [0.5, 0.6) is 0 Å². The Kier molecular flexibility index (Phi) is 5.73. The zero-order valence-electron chi connectivity index (χ0n) is 10.6. The number of carboxylic acids is 1. The normalized spacial score (nSPS) is 12.8. The largest absolute Gasteiger partial charge is 0.481 e. The monoisotopic (exact) mass is 368 g/mol. The first kappa shape index (κ1) is 17.4. The number of aliphatic carboxylic acids is 1. The van der Waals surface area contributed by atoms with Gasteiger partial charge >= 0.3 is 12.1 Å². The van der Waals surface area contributed by atoms with Crippen molar-refractivity contribution in [3.05, 3.63) is 28.2 Å². The first-order valence-corrected chi connectivity index (χ1v) is 6.55. The summed E-state index contributed by atoms with van der Waals surface area (Å²) < 4.78 is 38.0. The van der Waals surface area contributed by atoms with Crippen molar-refractivity contribution in [2.75, 3.05) is 5.32 Å². The molecule has 0 bridgehead atoms. The highest BCUT2D eigenvalue weighted by atomic mass is 79.9. The Balaban J connectivity index is 2.81. The number of carbonyl (C=O) groups excluding carboxylic acids is 1. The second-order valence-corrected chi connectivity index (χ2v) is 5.17. The van der Waals surface area contributed by atoms with Crippen LogP contribution in [0.2, 0.25) is 0 Å². The van der Waals surface area contributed by atoms with Gasteiger partial charge in [-0.05, 0) is 24.6 Å². The predicted molar refractivity (Wildman–Crippen MR) is 72.6 cm³/mol. The van der Waals surface area contributed by atoms with E-state index in [2.05, 4.69) is 21.2 Å². The highest BCUT2D eigenvalue weighted by Crippen LogP contribution is 2.33. The van der Waals surface area contributed by atoms with E-state index in [1.165, 1.54) is 6.07 Å². The number of amides is 1. The van der Waals surface area contributed by atoms with E-state index in [9.17, 15) is 22.8 Å². The topological polar surface area (TPSA) is 92.4 Å². The van der Waals surface area contributed by atoms with Crippen LogP contribution in [0.15, 0.2) is 22.7 Å². The Morgan fingerprint density at radius 1 is 1.33 bits per heavy atom. The average molecular weight is 369 g/mol. The number of carboxylic acid groups (broad SMARTS) is 1. The van der Waals surface area contributed by atoms with Gasteiger partial charge in [-0.2, -0.15) is 13.2 Å². The minimum absolute atomic E-state index is 0.0764. The Bertz CT molecular complexity index is 549. The van der Waals surface area contributed by atoms with Crippen molar-refractivity contribution < 1.29 is 27.9 Å². The van der Waals surface area contributed by atoms with Crippen molar-refractivity contribution >= 4 is 33.5 Å². The molecule has 9 heteroatoms. The average Bonchev–Trinajstić information content (AvgIpc) is 2.33. The fourth-order valence-electron chi connectivity index (χ4n) is 1.47. The second kappa shape index (κ2) is 6.90. The van der Waals surface area contributed by atoms with E-state index < -0.39 is 29.7 Å². The fourth-order valence-corrected chi connectivity index (χ4v) is 1.96. The number of halogens is 4. The summed E-state index contributed by atoms with van der Waals surface area (Å²) in [6.45, 7) is 0. The summed E-state index contributed by atoms with van der Waals surface area (Å²) in [4.78, 5) is 22.0. The lowest BCUT2D eigenvalue weighted by atomic mass is 10.1. The number of anilines is 1. The van der Waals surface area contributed by atoms with Crippen LogP contribution in [-0.4, -0.2) is 23.0 Å². The van der Waals surface area contributed by atoms with E-state index in [0.29, 0.717) is 0 Å². The third-order valence-corrected chi connectivity index (χ3v) is 2.96. The first-order valence-electron chi connectivity index (χ1n) is 5.75. The number of benzene rings is 1. The van der Waals surface area contributed by atoms with Gasteiger partial charge in [-0.1, -0.05) is 15.9 Å². The number of nitrogens with one attached hydrogen (secondary N) is 1. The molecule has 0 radical (unpaired) electrons. The summed E-state index contributed by atoms with van der Waals surface area (Å²) in [5.41, 5.74) is 4.46. The SMILES string of the molecule is NC(CCC(=O)O)C(=O)Nc1cc(Br)cc(C(F)(F)F)c1. The molecule has 1 aromatic carbocycles. The minimum atomic E-state index is -4.55. The van der Waals surface area contributed by atoms with Gasteiger partial charge in [0.15, 0.2) is 0 Å². The van der Waals surface area contributed by atoms with E-state index in [-0.39, 0.29) is 23.0 Å². The maximum absolute atomic E-state index is 12.6. The lowest BCUT2D eigenvalue weighted by molar-refractivity contribution is -0.138. The van der Waals surface area contributed by atoms with Crippen molar-refractivity contribution in [2.45, 2.75) is 25.1 Å². The molecular formula is C12H12BrF3N2O3. The van der Waals surface area contributed by atoms with Crippen molar-refractivity contribution in [2.24, 2.45) is 5.73 Å². The van der Waals surface area contributed by atoms with Crippen molar-refractivity contribution in [1.29, 1.82) is 0 Å². The van der Waals surface area contributed by atoms with E-state index in [1.54, 1.807) is 0 Å². The van der Waals surface area contributed by atoms with E-state index >= 15 is 0 Å². The Morgan fingerprint density at radius 3 is 2.48 bits per heavy atom. The predicted octanol–water partition coefficient (Wildman–Crippen LogP) is 2.60. The molecule has 0 heterocycles. The molecule has 1 rings (SSSR count). The van der Waals surface area contributed by atoms with Crippen LogP contribution < -0.4 is 11.1 Å². The number of carbonyl (C=O) groups is 2. The van der Waals surface area contributed by atoms with Crippen LogP contribution in [0.1, 0.15) is 18.4 Å². The molecule has 116 valence electrons. The Hall–Kier alpha value is -1.61. The molecule has 0 aliphatic rings. The molecule has 0 saturated carbocycles. The van der Waals surface area contributed by atoms with Gasteiger partial charge in [-0.15, -0.1) is 0 Å². The molecule has 0 aromatic heterocycles. The third kappa shape index (κ3) is 5.72. The summed E-state index contributed by atoms with van der Waals surface area (Å²) in [6.07, 6.45) is -4.96. The number of rotatable bonds is 5. The zero-order chi connectivity index (χ0) is 16.2. The van der Waals surface area contributed by atoms with Crippen LogP contribution in [-0.2, 0) is 15.8 Å². The Morgan fingerprint density at radius 2 is 1.95 bits per heavy atom. The van der Waals surface area contributed by atoms with E-state index in [1.807, 2.05) is 0 Å². The molecule has 0 saturated heterocycles. The highest BCUT2D eigenvalue weighted by molar-refractivity contribution is 9.10. The maximum atomic E-state index is 12.6. The molecule has 1 unspecified atom stereocenters. The maximum Gasteiger partial charge on any atom is 0.416 e. The van der Waals surface area contributed by atoms with Gasteiger partial charge in [-0.25, -0.2) is 0 Å². The molecule has 1 aromatic rings. The van der Waals surface area contributed by atoms with Crippen LogP contribution in [0.3, 0.4) is 0 Å². The standard InChI is InChI=1S/C12H12BrF3N2O3/c13-7-3-6(12(14,15)16)4-8(5-7)18-11(21)9(17)1-2-10(19)20/h3-5,9H,1-2,17H2,(H,18,21)(H,19,20). The van der Waals surface area contributed by atoms with Crippen LogP contribution in [0.4, 0.5) is 18.9 Å². The number of nitrogens with two attached hydrogens (primary N) is 1. The van der Waals surface area contributed by atoms with Crippen molar-refractivity contribution in [3.63, 3.8) is 0 Å². The van der Waals surface area contributed by atoms with Gasteiger partial charge in [0.1, 0.15) is 0 Å². The molecule has 5 nitrogen and oxygen atoms in total. The molecule has 21 heavy (non-hydrogen) atoms. The van der Waals surface area contributed by atoms with Crippen molar-refractivity contribution in [1.82, 2.24) is 0 Å². The van der Waals surface area contributed by atoms with Crippen molar-refractivity contribution in [3.8, 4) is 0 Å². The summed E-state index contributed by atoms with van der Waals surface area (Å²) in [5.74, 6) is -1.86. The second-order valence-electron chi connectivity index (χ2n) is 4.25. The summed E-state index contributed by atoms with van der Waals surface area (Å²) in [6, 6.07) is 1.82.